The summed E-state index contributed by atoms with van der Waals surface area (Å²) < 4.78 is 5.28. The van der Waals surface area contributed by atoms with E-state index in [0.29, 0.717) is 30.2 Å². The summed E-state index contributed by atoms with van der Waals surface area (Å²) in [5.41, 5.74) is 2.32. The Bertz CT molecular complexity index is 1170. The van der Waals surface area contributed by atoms with Crippen molar-refractivity contribution < 1.29 is 14.3 Å². The topological polar surface area (TPSA) is 53.1 Å². The molecule has 2 atom stereocenters. The Hall–Kier alpha value is -2.86. The van der Waals surface area contributed by atoms with Gasteiger partial charge < -0.3 is 19.4 Å². The molecule has 41 heavy (non-hydrogen) atoms. The number of nitrogens with zero attached hydrogens (tertiary/aromatic N) is 3. The molecule has 2 aromatic carbocycles. The standard InChI is InChI=1S/C35H47N3O3/c1-41-31-15-13-27(14-16-31)23-37-22-19-35(34(37)40)17-20-36(21-18-35)24-30-25-38(26-32(30)28-9-7-4-8-10-28)33(39)29-11-5-2-3-6-12-29/h4,7-10,13-16,29-30,32H,2-3,5-6,11-12,17-26H2,1H3. The van der Waals surface area contributed by atoms with Gasteiger partial charge in [0.25, 0.3) is 0 Å². The molecule has 220 valence electrons. The smallest absolute Gasteiger partial charge is 0.229 e. The SMILES string of the molecule is COc1ccc(CN2CCC3(CCN(CC4CN(C(=O)C5CCCCCC5)CC4c4ccccc4)CC3)C2=O)cc1. The predicted molar refractivity (Wildman–Crippen MR) is 162 cm³/mol. The van der Waals surface area contributed by atoms with Gasteiger partial charge in [0, 0.05) is 44.6 Å². The molecule has 6 nitrogen and oxygen atoms in total. The molecule has 1 spiro atoms. The van der Waals surface area contributed by atoms with Gasteiger partial charge in [0.05, 0.1) is 12.5 Å². The van der Waals surface area contributed by atoms with Gasteiger partial charge in [-0.2, -0.15) is 0 Å². The summed E-state index contributed by atoms with van der Waals surface area (Å²) in [7, 11) is 1.68. The zero-order valence-corrected chi connectivity index (χ0v) is 24.8. The molecule has 1 saturated carbocycles. The molecule has 1 aliphatic carbocycles. The van der Waals surface area contributed by atoms with Crippen molar-refractivity contribution in [2.45, 2.75) is 70.3 Å². The first-order valence-electron chi connectivity index (χ1n) is 16.0. The van der Waals surface area contributed by atoms with Gasteiger partial charge >= 0.3 is 0 Å². The van der Waals surface area contributed by atoms with E-state index in [-0.39, 0.29) is 11.3 Å². The van der Waals surface area contributed by atoms with E-state index in [0.717, 1.165) is 82.7 Å². The molecule has 2 unspecified atom stereocenters. The van der Waals surface area contributed by atoms with Crippen LogP contribution in [-0.2, 0) is 16.1 Å². The summed E-state index contributed by atoms with van der Waals surface area (Å²) in [5, 5.41) is 0. The molecule has 6 rings (SSSR count). The second kappa shape index (κ2) is 12.6. The fourth-order valence-corrected chi connectivity index (χ4v) is 8.05. The van der Waals surface area contributed by atoms with Crippen molar-refractivity contribution in [1.29, 1.82) is 0 Å². The van der Waals surface area contributed by atoms with Crippen LogP contribution in [-0.4, -0.2) is 72.9 Å². The van der Waals surface area contributed by atoms with Crippen molar-refractivity contribution in [3.8, 4) is 5.75 Å². The molecule has 3 aliphatic heterocycles. The van der Waals surface area contributed by atoms with Crippen LogP contribution >= 0.6 is 0 Å². The normalized spacial score (nSPS) is 25.5. The van der Waals surface area contributed by atoms with Crippen molar-refractivity contribution in [3.05, 3.63) is 65.7 Å². The lowest BCUT2D eigenvalue weighted by atomic mass is 9.76. The highest BCUT2D eigenvalue weighted by atomic mass is 16.5. The van der Waals surface area contributed by atoms with Crippen LogP contribution in [0.2, 0.25) is 0 Å². The van der Waals surface area contributed by atoms with E-state index in [1.165, 1.54) is 31.2 Å². The van der Waals surface area contributed by atoms with Crippen LogP contribution in [0.5, 0.6) is 5.75 Å². The fourth-order valence-electron chi connectivity index (χ4n) is 8.05. The minimum absolute atomic E-state index is 0.195. The zero-order chi connectivity index (χ0) is 28.2. The van der Waals surface area contributed by atoms with Crippen molar-refractivity contribution in [2.24, 2.45) is 17.3 Å². The summed E-state index contributed by atoms with van der Waals surface area (Å²) in [5.74, 6) is 2.63. The summed E-state index contributed by atoms with van der Waals surface area (Å²) >= 11 is 0. The predicted octanol–water partition coefficient (Wildman–Crippen LogP) is 5.72. The molecule has 4 aliphatic rings. The van der Waals surface area contributed by atoms with E-state index in [2.05, 4.69) is 57.2 Å². The number of carbonyl (C=O) groups excluding carboxylic acids is 2. The fraction of sp³-hybridized carbons (Fsp3) is 0.600. The number of amides is 2. The quantitative estimate of drug-likeness (QED) is 0.409. The summed E-state index contributed by atoms with van der Waals surface area (Å²) in [6, 6.07) is 18.9. The molecule has 6 heteroatoms. The lowest BCUT2D eigenvalue weighted by Crippen LogP contribution is -2.46. The third-order valence-electron chi connectivity index (χ3n) is 10.6. The summed E-state index contributed by atoms with van der Waals surface area (Å²) in [6.45, 7) is 6.19. The van der Waals surface area contributed by atoms with Crippen LogP contribution in [0.4, 0.5) is 0 Å². The first kappa shape index (κ1) is 28.3. The maximum atomic E-state index is 13.6. The summed E-state index contributed by atoms with van der Waals surface area (Å²) in [4.78, 5) is 34.1. The van der Waals surface area contributed by atoms with Crippen LogP contribution in [0.25, 0.3) is 0 Å². The molecule has 0 N–H and O–H groups in total. The molecule has 4 fully saturated rings. The maximum Gasteiger partial charge on any atom is 0.229 e. The van der Waals surface area contributed by atoms with Gasteiger partial charge in [0.1, 0.15) is 5.75 Å². The van der Waals surface area contributed by atoms with Crippen molar-refractivity contribution in [2.75, 3.05) is 46.4 Å². The van der Waals surface area contributed by atoms with Crippen molar-refractivity contribution >= 4 is 11.8 Å². The van der Waals surface area contributed by atoms with Crippen LogP contribution < -0.4 is 4.74 Å². The van der Waals surface area contributed by atoms with Crippen LogP contribution in [0.1, 0.15) is 74.8 Å². The maximum absolute atomic E-state index is 13.6. The zero-order valence-electron chi connectivity index (χ0n) is 24.8. The number of rotatable bonds is 7. The number of likely N-dealkylation sites (tertiary alicyclic amines) is 3. The lowest BCUT2D eigenvalue weighted by Gasteiger charge is -2.39. The molecule has 3 saturated heterocycles. The highest BCUT2D eigenvalue weighted by molar-refractivity contribution is 5.85. The van der Waals surface area contributed by atoms with Gasteiger partial charge in [-0.3, -0.25) is 9.59 Å². The number of hydrogen-bond acceptors (Lipinski definition) is 4. The van der Waals surface area contributed by atoms with E-state index >= 15 is 0 Å². The number of ether oxygens (including phenoxy) is 1. The number of piperidine rings is 1. The van der Waals surface area contributed by atoms with Gasteiger partial charge in [-0.25, -0.2) is 0 Å². The Balaban J connectivity index is 1.07. The number of carbonyl (C=O) groups is 2. The van der Waals surface area contributed by atoms with E-state index < -0.39 is 0 Å². The Morgan fingerprint density at radius 2 is 1.56 bits per heavy atom. The molecule has 0 radical (unpaired) electrons. The molecule has 2 aromatic rings. The third kappa shape index (κ3) is 6.18. The van der Waals surface area contributed by atoms with E-state index in [1.54, 1.807) is 7.11 Å². The van der Waals surface area contributed by atoms with Crippen LogP contribution in [0.15, 0.2) is 54.6 Å². The minimum atomic E-state index is -0.195. The Kier molecular flexibility index (Phi) is 8.66. The number of benzene rings is 2. The van der Waals surface area contributed by atoms with Gasteiger partial charge in [-0.05, 0) is 74.4 Å². The largest absolute Gasteiger partial charge is 0.497 e. The molecule has 0 bridgehead atoms. The molecular weight excluding hydrogens is 510 g/mol. The van der Waals surface area contributed by atoms with E-state index in [4.69, 9.17) is 4.74 Å². The van der Waals surface area contributed by atoms with E-state index in [1.807, 2.05) is 12.1 Å². The van der Waals surface area contributed by atoms with Gasteiger partial charge in [0.15, 0.2) is 0 Å². The monoisotopic (exact) mass is 557 g/mol. The van der Waals surface area contributed by atoms with Crippen molar-refractivity contribution in [1.82, 2.24) is 14.7 Å². The Morgan fingerprint density at radius 3 is 2.24 bits per heavy atom. The van der Waals surface area contributed by atoms with Crippen molar-refractivity contribution in [3.63, 3.8) is 0 Å². The van der Waals surface area contributed by atoms with Crippen LogP contribution in [0.3, 0.4) is 0 Å². The summed E-state index contributed by atoms with van der Waals surface area (Å²) in [6.07, 6.45) is 9.92. The van der Waals surface area contributed by atoms with Gasteiger partial charge in [-0.1, -0.05) is 68.1 Å². The Morgan fingerprint density at radius 1 is 0.878 bits per heavy atom. The molecule has 0 aromatic heterocycles. The first-order valence-corrected chi connectivity index (χ1v) is 16.0. The molecule has 2 amide bonds. The lowest BCUT2D eigenvalue weighted by molar-refractivity contribution is -0.139. The third-order valence-corrected chi connectivity index (χ3v) is 10.6. The average Bonchev–Trinajstić information content (AvgIpc) is 3.42. The second-order valence-electron chi connectivity index (χ2n) is 13.1. The molecule has 3 heterocycles. The first-order chi connectivity index (χ1) is 20.0. The minimum Gasteiger partial charge on any atom is -0.497 e. The Labute approximate surface area is 246 Å². The number of methoxy groups -OCH3 is 1. The van der Waals surface area contributed by atoms with Gasteiger partial charge in [-0.15, -0.1) is 0 Å². The average molecular weight is 558 g/mol. The number of hydrogen-bond donors (Lipinski definition) is 0. The van der Waals surface area contributed by atoms with E-state index in [9.17, 15) is 9.59 Å². The second-order valence-corrected chi connectivity index (χ2v) is 13.1. The highest BCUT2D eigenvalue weighted by Gasteiger charge is 2.48. The molecular formula is C35H47N3O3. The van der Waals surface area contributed by atoms with Gasteiger partial charge in [0.2, 0.25) is 11.8 Å². The van der Waals surface area contributed by atoms with Crippen LogP contribution in [0, 0.1) is 17.3 Å². The highest BCUT2D eigenvalue weighted by Crippen LogP contribution is 2.43.